The summed E-state index contributed by atoms with van der Waals surface area (Å²) in [5.74, 6) is -1.08. The lowest BCUT2D eigenvalue weighted by atomic mass is 9.85. The molecule has 9 heteroatoms. The molecule has 0 fully saturated rings. The third-order valence-electron chi connectivity index (χ3n) is 6.19. The highest BCUT2D eigenvalue weighted by Crippen LogP contribution is 2.35. The molecule has 0 radical (unpaired) electrons. The molecule has 3 atom stereocenters. The summed E-state index contributed by atoms with van der Waals surface area (Å²) >= 11 is 0. The Morgan fingerprint density at radius 1 is 1.14 bits per heavy atom. The SMILES string of the molecule is COC(CC[C@@H](N)CF)C(=O)N[C@@H](c1nc(-c2cc(F)ccc2F)cn1Cc1ccccc1)C(C)(C)C. The standard InChI is InChI=1S/C28H35F3N4O2/c1-28(2,3)25(34-27(36)24(37-4)13-11-20(32)15-29)26-33-23(21-14-19(30)10-12-22(21)31)17-35(26)16-18-8-6-5-7-9-18/h5-10,12,14,17,20,24-25H,11,13,15-16,32H2,1-4H3,(H,34,36)/t20-,24?,25+/m1/s1. The molecule has 0 bridgehead atoms. The summed E-state index contributed by atoms with van der Waals surface area (Å²) in [4.78, 5) is 17.9. The monoisotopic (exact) mass is 516 g/mol. The number of carbonyl (C=O) groups is 1. The van der Waals surface area contributed by atoms with Crippen LogP contribution in [0.3, 0.4) is 0 Å². The first-order valence-corrected chi connectivity index (χ1v) is 12.2. The van der Waals surface area contributed by atoms with Crippen LogP contribution in [-0.2, 0) is 16.1 Å². The van der Waals surface area contributed by atoms with Gasteiger partial charge in [-0.3, -0.25) is 4.79 Å². The largest absolute Gasteiger partial charge is 0.372 e. The summed E-state index contributed by atoms with van der Waals surface area (Å²) in [6, 6.07) is 11.6. The van der Waals surface area contributed by atoms with Crippen molar-refractivity contribution in [2.75, 3.05) is 13.8 Å². The average molecular weight is 517 g/mol. The van der Waals surface area contributed by atoms with Crippen LogP contribution in [0.2, 0.25) is 0 Å². The van der Waals surface area contributed by atoms with Crippen LogP contribution in [0.15, 0.2) is 54.7 Å². The van der Waals surface area contributed by atoms with Crippen LogP contribution in [0.4, 0.5) is 13.2 Å². The fourth-order valence-electron chi connectivity index (χ4n) is 4.09. The number of nitrogens with one attached hydrogen (secondary N) is 1. The molecule has 1 heterocycles. The van der Waals surface area contributed by atoms with Gasteiger partial charge in [0.05, 0.1) is 11.7 Å². The second-order valence-corrected chi connectivity index (χ2v) is 10.2. The minimum Gasteiger partial charge on any atom is -0.372 e. The van der Waals surface area contributed by atoms with Gasteiger partial charge in [0.2, 0.25) is 5.91 Å². The molecule has 3 aromatic rings. The highest BCUT2D eigenvalue weighted by atomic mass is 19.1. The topological polar surface area (TPSA) is 82.2 Å². The van der Waals surface area contributed by atoms with Crippen LogP contribution in [0.25, 0.3) is 11.3 Å². The Hall–Kier alpha value is -3.17. The van der Waals surface area contributed by atoms with E-state index >= 15 is 0 Å². The van der Waals surface area contributed by atoms with Crippen LogP contribution < -0.4 is 11.1 Å². The summed E-state index contributed by atoms with van der Waals surface area (Å²) in [5.41, 5.74) is 6.42. The zero-order valence-corrected chi connectivity index (χ0v) is 21.7. The van der Waals surface area contributed by atoms with Crippen molar-refractivity contribution in [1.29, 1.82) is 0 Å². The van der Waals surface area contributed by atoms with Gasteiger partial charge >= 0.3 is 0 Å². The van der Waals surface area contributed by atoms with Crippen LogP contribution in [0.1, 0.15) is 51.0 Å². The first-order valence-electron chi connectivity index (χ1n) is 12.2. The van der Waals surface area contributed by atoms with Crippen molar-refractivity contribution in [2.24, 2.45) is 11.1 Å². The number of aromatic nitrogens is 2. The van der Waals surface area contributed by atoms with E-state index in [0.29, 0.717) is 12.4 Å². The number of nitrogens with two attached hydrogens (primary N) is 1. The normalized spacial score (nSPS) is 14.3. The number of alkyl halides is 1. The number of imidazole rings is 1. The molecule has 0 aliphatic heterocycles. The van der Waals surface area contributed by atoms with Gasteiger partial charge in [0.1, 0.15) is 30.2 Å². The Kier molecular flexibility index (Phi) is 9.50. The predicted molar refractivity (Wildman–Crippen MR) is 137 cm³/mol. The molecule has 0 saturated heterocycles. The van der Waals surface area contributed by atoms with Gasteiger partial charge in [-0.1, -0.05) is 51.1 Å². The van der Waals surface area contributed by atoms with Crippen molar-refractivity contribution >= 4 is 5.91 Å². The van der Waals surface area contributed by atoms with Gasteiger partial charge in [0.15, 0.2) is 0 Å². The van der Waals surface area contributed by atoms with Crippen LogP contribution in [0, 0.1) is 17.0 Å². The number of nitrogens with zero attached hydrogens (tertiary/aromatic N) is 2. The number of rotatable bonds is 11. The highest BCUT2D eigenvalue weighted by Gasteiger charge is 2.34. The molecule has 0 aliphatic carbocycles. The fraction of sp³-hybridized carbons (Fsp3) is 0.429. The molecule has 3 rings (SSSR count). The lowest BCUT2D eigenvalue weighted by molar-refractivity contribution is -0.133. The van der Waals surface area contributed by atoms with Crippen molar-refractivity contribution in [2.45, 2.75) is 58.3 Å². The molecule has 1 unspecified atom stereocenters. The van der Waals surface area contributed by atoms with E-state index in [1.54, 1.807) is 6.20 Å². The number of benzene rings is 2. The van der Waals surface area contributed by atoms with E-state index in [1.807, 2.05) is 55.7 Å². The minimum absolute atomic E-state index is 0.0297. The van der Waals surface area contributed by atoms with E-state index in [0.717, 1.165) is 23.8 Å². The molecule has 3 N–H and O–H groups in total. The molecule has 0 aliphatic rings. The van der Waals surface area contributed by atoms with Crippen LogP contribution >= 0.6 is 0 Å². The first kappa shape index (κ1) is 28.4. The van der Waals surface area contributed by atoms with E-state index in [4.69, 9.17) is 15.5 Å². The lowest BCUT2D eigenvalue weighted by Gasteiger charge is -2.32. The Bertz CT molecular complexity index is 1180. The fourth-order valence-corrected chi connectivity index (χ4v) is 4.09. The maximum Gasteiger partial charge on any atom is 0.249 e. The van der Waals surface area contributed by atoms with Crippen molar-refractivity contribution < 1.29 is 22.7 Å². The van der Waals surface area contributed by atoms with E-state index in [-0.39, 0.29) is 30.0 Å². The van der Waals surface area contributed by atoms with Crippen LogP contribution in [-0.4, -0.2) is 41.4 Å². The van der Waals surface area contributed by atoms with E-state index in [2.05, 4.69) is 5.32 Å². The van der Waals surface area contributed by atoms with Gasteiger partial charge in [-0.2, -0.15) is 0 Å². The van der Waals surface area contributed by atoms with E-state index < -0.39 is 41.9 Å². The van der Waals surface area contributed by atoms with Gasteiger partial charge in [-0.05, 0) is 42.0 Å². The summed E-state index contributed by atoms with van der Waals surface area (Å²) in [5, 5.41) is 3.03. The second kappa shape index (κ2) is 12.4. The Morgan fingerprint density at radius 3 is 2.46 bits per heavy atom. The number of ether oxygens (including phenoxy) is 1. The van der Waals surface area contributed by atoms with Gasteiger partial charge in [0.25, 0.3) is 0 Å². The third-order valence-corrected chi connectivity index (χ3v) is 6.19. The smallest absolute Gasteiger partial charge is 0.249 e. The van der Waals surface area contributed by atoms with Crippen molar-refractivity contribution in [3.63, 3.8) is 0 Å². The van der Waals surface area contributed by atoms with Crippen molar-refractivity contribution in [1.82, 2.24) is 14.9 Å². The maximum absolute atomic E-state index is 14.7. The molecule has 2 aromatic carbocycles. The number of halogens is 3. The summed E-state index contributed by atoms with van der Waals surface area (Å²) in [6.07, 6.45) is 1.37. The number of methoxy groups -OCH3 is 1. The summed E-state index contributed by atoms with van der Waals surface area (Å²) < 4.78 is 48.7. The first-order chi connectivity index (χ1) is 17.5. The van der Waals surface area contributed by atoms with Gasteiger partial charge < -0.3 is 20.4 Å². The van der Waals surface area contributed by atoms with E-state index in [1.165, 1.54) is 7.11 Å². The number of carbonyl (C=O) groups excluding carboxylic acids is 1. The second-order valence-electron chi connectivity index (χ2n) is 10.2. The Morgan fingerprint density at radius 2 is 1.84 bits per heavy atom. The third kappa shape index (κ3) is 7.42. The molecule has 37 heavy (non-hydrogen) atoms. The average Bonchev–Trinajstić information content (AvgIpc) is 3.26. The predicted octanol–water partition coefficient (Wildman–Crippen LogP) is 5.17. The van der Waals surface area contributed by atoms with E-state index in [9.17, 15) is 18.0 Å². The molecule has 1 aromatic heterocycles. The number of hydrogen-bond donors (Lipinski definition) is 2. The van der Waals surface area contributed by atoms with Gasteiger partial charge in [0, 0.05) is 31.5 Å². The quantitative estimate of drug-likeness (QED) is 0.368. The van der Waals surface area contributed by atoms with Crippen molar-refractivity contribution in [3.05, 3.63) is 77.8 Å². The summed E-state index contributed by atoms with van der Waals surface area (Å²) in [7, 11) is 1.42. The van der Waals surface area contributed by atoms with Gasteiger partial charge in [-0.15, -0.1) is 0 Å². The summed E-state index contributed by atoms with van der Waals surface area (Å²) in [6.45, 7) is 5.56. The maximum atomic E-state index is 14.7. The molecule has 0 saturated carbocycles. The zero-order chi connectivity index (χ0) is 27.2. The molecule has 1 amide bonds. The molecule has 6 nitrogen and oxygen atoms in total. The van der Waals surface area contributed by atoms with Crippen molar-refractivity contribution in [3.8, 4) is 11.3 Å². The minimum atomic E-state index is -0.833. The number of hydrogen-bond acceptors (Lipinski definition) is 4. The molecular weight excluding hydrogens is 481 g/mol. The molecule has 200 valence electrons. The van der Waals surface area contributed by atoms with Crippen LogP contribution in [0.5, 0.6) is 0 Å². The van der Waals surface area contributed by atoms with Gasteiger partial charge in [-0.25, -0.2) is 18.2 Å². The zero-order valence-electron chi connectivity index (χ0n) is 21.7. The Balaban J connectivity index is 2.02. The lowest BCUT2D eigenvalue weighted by Crippen LogP contribution is -2.44. The molecular formula is C28H35F3N4O2. The Labute approximate surface area is 216 Å². The molecule has 0 spiro atoms. The number of amides is 1. The highest BCUT2D eigenvalue weighted by molar-refractivity contribution is 5.81.